The quantitative estimate of drug-likeness (QED) is 0.878. The van der Waals surface area contributed by atoms with Gasteiger partial charge in [0.15, 0.2) is 0 Å². The first-order valence-corrected chi connectivity index (χ1v) is 7.53. The fourth-order valence-electron chi connectivity index (χ4n) is 2.56. The number of benzene rings is 2. The maximum Gasteiger partial charge on any atom is 0.251 e. The van der Waals surface area contributed by atoms with E-state index in [4.69, 9.17) is 0 Å². The monoisotopic (exact) mass is 326 g/mol. The first-order chi connectivity index (χ1) is 11.5. The van der Waals surface area contributed by atoms with Gasteiger partial charge in [0.2, 0.25) is 11.8 Å². The maximum absolute atomic E-state index is 13.1. The summed E-state index contributed by atoms with van der Waals surface area (Å²) in [6, 6.07) is 12.2. The highest BCUT2D eigenvalue weighted by Gasteiger charge is 2.30. The highest BCUT2D eigenvalue weighted by atomic mass is 19.1. The first-order valence-electron chi connectivity index (χ1n) is 7.53. The van der Waals surface area contributed by atoms with Gasteiger partial charge in [-0.25, -0.2) is 4.39 Å². The molecule has 0 spiro atoms. The smallest absolute Gasteiger partial charge is 0.251 e. The Hall–Kier alpha value is -3.02. The minimum Gasteiger partial charge on any atom is -0.348 e. The summed E-state index contributed by atoms with van der Waals surface area (Å²) in [6.07, 6.45) is 0.434. The van der Waals surface area contributed by atoms with Crippen molar-refractivity contribution in [3.8, 4) is 0 Å². The largest absolute Gasteiger partial charge is 0.348 e. The van der Waals surface area contributed by atoms with E-state index in [2.05, 4.69) is 5.32 Å². The summed E-state index contributed by atoms with van der Waals surface area (Å²) < 4.78 is 13.1. The van der Waals surface area contributed by atoms with Crippen LogP contribution >= 0.6 is 0 Å². The standard InChI is InChI=1S/C18H15FN2O3/c19-14-3-1-2-12(10-14)11-20-18(24)13-4-6-15(7-5-13)21-16(22)8-9-17(21)23/h1-7,10H,8-9,11H2,(H,20,24). The predicted octanol–water partition coefficient (Wildman–Crippen LogP) is 2.41. The number of carbonyl (C=O) groups excluding carboxylic acids is 3. The van der Waals surface area contributed by atoms with Crippen molar-refractivity contribution in [2.45, 2.75) is 19.4 Å². The molecule has 2 aromatic carbocycles. The zero-order valence-corrected chi connectivity index (χ0v) is 12.8. The molecule has 0 saturated carbocycles. The molecule has 1 aliphatic rings. The lowest BCUT2D eigenvalue weighted by Gasteiger charge is -2.14. The van der Waals surface area contributed by atoms with Crippen LogP contribution in [0.4, 0.5) is 10.1 Å². The molecular weight excluding hydrogens is 311 g/mol. The van der Waals surface area contributed by atoms with Gasteiger partial charge in [0.05, 0.1) is 5.69 Å². The Bertz CT molecular complexity index is 786. The summed E-state index contributed by atoms with van der Waals surface area (Å²) >= 11 is 0. The fraction of sp³-hybridized carbons (Fsp3) is 0.167. The van der Waals surface area contributed by atoms with Crippen molar-refractivity contribution >= 4 is 23.4 Å². The fourth-order valence-corrected chi connectivity index (χ4v) is 2.56. The van der Waals surface area contributed by atoms with Crippen LogP contribution in [0.2, 0.25) is 0 Å². The van der Waals surface area contributed by atoms with Gasteiger partial charge in [-0.1, -0.05) is 12.1 Å². The Balaban J connectivity index is 1.66. The number of rotatable bonds is 4. The van der Waals surface area contributed by atoms with E-state index in [1.54, 1.807) is 36.4 Å². The molecule has 1 N–H and O–H groups in total. The second-order valence-corrected chi connectivity index (χ2v) is 5.48. The number of anilines is 1. The van der Waals surface area contributed by atoms with Gasteiger partial charge in [-0.3, -0.25) is 19.3 Å². The van der Waals surface area contributed by atoms with E-state index < -0.39 is 0 Å². The molecule has 24 heavy (non-hydrogen) atoms. The molecule has 0 unspecified atom stereocenters. The lowest BCUT2D eigenvalue weighted by Crippen LogP contribution is -2.28. The minimum atomic E-state index is -0.356. The van der Waals surface area contributed by atoms with E-state index in [-0.39, 0.29) is 42.9 Å². The molecule has 1 heterocycles. The Morgan fingerprint density at radius 3 is 2.33 bits per heavy atom. The molecule has 0 bridgehead atoms. The summed E-state index contributed by atoms with van der Waals surface area (Å²) in [6.45, 7) is 0.210. The SMILES string of the molecule is O=C(NCc1cccc(F)c1)c1ccc(N2C(=O)CCC2=O)cc1. The molecule has 6 heteroatoms. The van der Waals surface area contributed by atoms with Gasteiger partial charge in [0.1, 0.15) is 5.82 Å². The topological polar surface area (TPSA) is 66.5 Å². The molecule has 1 aliphatic heterocycles. The summed E-state index contributed by atoms with van der Waals surface area (Å²) in [5, 5.41) is 2.70. The maximum atomic E-state index is 13.1. The zero-order valence-electron chi connectivity index (χ0n) is 12.8. The number of imide groups is 1. The number of hydrogen-bond acceptors (Lipinski definition) is 3. The third kappa shape index (κ3) is 3.32. The summed E-state index contributed by atoms with van der Waals surface area (Å²) in [7, 11) is 0. The molecule has 1 fully saturated rings. The minimum absolute atomic E-state index is 0.210. The summed E-state index contributed by atoms with van der Waals surface area (Å²) in [4.78, 5) is 36.6. The van der Waals surface area contributed by atoms with Gasteiger partial charge < -0.3 is 5.32 Å². The number of nitrogens with zero attached hydrogens (tertiary/aromatic N) is 1. The molecule has 0 atom stereocenters. The Labute approximate surface area is 138 Å². The zero-order chi connectivity index (χ0) is 17.1. The molecule has 1 saturated heterocycles. The molecule has 5 nitrogen and oxygen atoms in total. The lowest BCUT2D eigenvalue weighted by atomic mass is 10.1. The van der Waals surface area contributed by atoms with E-state index in [1.807, 2.05) is 0 Å². The van der Waals surface area contributed by atoms with Crippen molar-refractivity contribution in [1.29, 1.82) is 0 Å². The average molecular weight is 326 g/mol. The van der Waals surface area contributed by atoms with E-state index in [9.17, 15) is 18.8 Å². The Morgan fingerprint density at radius 2 is 1.71 bits per heavy atom. The number of amides is 3. The van der Waals surface area contributed by atoms with Crippen LogP contribution in [0, 0.1) is 5.82 Å². The van der Waals surface area contributed by atoms with Crippen molar-refractivity contribution in [1.82, 2.24) is 5.32 Å². The second kappa shape index (κ2) is 6.62. The van der Waals surface area contributed by atoms with Crippen LogP contribution in [-0.4, -0.2) is 17.7 Å². The first kappa shape index (κ1) is 15.9. The molecule has 3 rings (SSSR count). The van der Waals surface area contributed by atoms with Crippen molar-refractivity contribution < 1.29 is 18.8 Å². The van der Waals surface area contributed by atoms with Crippen LogP contribution in [0.5, 0.6) is 0 Å². The Morgan fingerprint density at radius 1 is 1.04 bits per heavy atom. The van der Waals surface area contributed by atoms with Gasteiger partial charge in [-0.05, 0) is 42.0 Å². The molecular formula is C18H15FN2O3. The molecule has 0 radical (unpaired) electrons. The van der Waals surface area contributed by atoms with Crippen molar-refractivity contribution in [3.05, 3.63) is 65.5 Å². The molecule has 2 aromatic rings. The predicted molar refractivity (Wildman–Crippen MR) is 85.7 cm³/mol. The molecule has 122 valence electrons. The Kier molecular flexibility index (Phi) is 4.37. The van der Waals surface area contributed by atoms with Gasteiger partial charge in [-0.15, -0.1) is 0 Å². The summed E-state index contributed by atoms with van der Waals surface area (Å²) in [5.74, 6) is -1.14. The van der Waals surface area contributed by atoms with E-state index >= 15 is 0 Å². The van der Waals surface area contributed by atoms with Gasteiger partial charge in [-0.2, -0.15) is 0 Å². The van der Waals surface area contributed by atoms with Crippen LogP contribution in [0.1, 0.15) is 28.8 Å². The van der Waals surface area contributed by atoms with Crippen LogP contribution in [-0.2, 0) is 16.1 Å². The van der Waals surface area contributed by atoms with Crippen LogP contribution < -0.4 is 10.2 Å². The van der Waals surface area contributed by atoms with Gasteiger partial charge >= 0.3 is 0 Å². The van der Waals surface area contributed by atoms with E-state index in [1.165, 1.54) is 12.1 Å². The third-order valence-electron chi connectivity index (χ3n) is 3.78. The molecule has 0 aromatic heterocycles. The molecule has 3 amide bonds. The van der Waals surface area contributed by atoms with Gasteiger partial charge in [0.25, 0.3) is 5.91 Å². The second-order valence-electron chi connectivity index (χ2n) is 5.48. The van der Waals surface area contributed by atoms with E-state index in [0.717, 1.165) is 4.90 Å². The molecule has 0 aliphatic carbocycles. The van der Waals surface area contributed by atoms with Crippen molar-refractivity contribution in [3.63, 3.8) is 0 Å². The van der Waals surface area contributed by atoms with E-state index in [0.29, 0.717) is 16.8 Å². The van der Waals surface area contributed by atoms with Crippen molar-refractivity contribution in [2.75, 3.05) is 4.90 Å². The van der Waals surface area contributed by atoms with Crippen LogP contribution in [0.3, 0.4) is 0 Å². The van der Waals surface area contributed by atoms with Crippen molar-refractivity contribution in [2.24, 2.45) is 0 Å². The highest BCUT2D eigenvalue weighted by molar-refractivity contribution is 6.19. The third-order valence-corrected chi connectivity index (χ3v) is 3.78. The van der Waals surface area contributed by atoms with Crippen LogP contribution in [0.25, 0.3) is 0 Å². The number of nitrogens with one attached hydrogen (secondary N) is 1. The summed E-state index contributed by atoms with van der Waals surface area (Å²) in [5.41, 5.74) is 1.52. The van der Waals surface area contributed by atoms with Gasteiger partial charge in [0, 0.05) is 24.9 Å². The normalized spacial score (nSPS) is 14.1. The van der Waals surface area contributed by atoms with Crippen LogP contribution in [0.15, 0.2) is 48.5 Å². The number of halogens is 1. The highest BCUT2D eigenvalue weighted by Crippen LogP contribution is 2.22. The lowest BCUT2D eigenvalue weighted by molar-refractivity contribution is -0.121. The number of hydrogen-bond donors (Lipinski definition) is 1. The number of carbonyl (C=O) groups is 3. The average Bonchev–Trinajstić information content (AvgIpc) is 2.92.